The van der Waals surface area contributed by atoms with Crippen LogP contribution in [0.1, 0.15) is 17.7 Å². The number of sulfonamides is 1. The van der Waals surface area contributed by atoms with Gasteiger partial charge in [0.1, 0.15) is 5.82 Å². The van der Waals surface area contributed by atoms with E-state index in [4.69, 9.17) is 5.73 Å². The highest BCUT2D eigenvalue weighted by atomic mass is 32.2. The lowest BCUT2D eigenvalue weighted by Gasteiger charge is -2.24. The van der Waals surface area contributed by atoms with Crippen LogP contribution in [-0.4, -0.2) is 24.4 Å². The zero-order valence-electron chi connectivity index (χ0n) is 12.0. The molecule has 0 spiro atoms. The molecule has 7 nitrogen and oxygen atoms in total. The van der Waals surface area contributed by atoms with Crippen LogP contribution in [-0.2, 0) is 22.9 Å². The summed E-state index contributed by atoms with van der Waals surface area (Å²) in [5.41, 5.74) is 6.19. The molecule has 2 aromatic rings. The van der Waals surface area contributed by atoms with Crippen LogP contribution >= 0.6 is 0 Å². The molecule has 0 radical (unpaired) electrons. The second-order valence-corrected chi connectivity index (χ2v) is 7.11. The Labute approximate surface area is 131 Å². The predicted molar refractivity (Wildman–Crippen MR) is 81.8 cm³/mol. The summed E-state index contributed by atoms with van der Waals surface area (Å²) in [6, 6.07) is 4.14. The highest BCUT2D eigenvalue weighted by molar-refractivity contribution is 7.89. The zero-order valence-corrected chi connectivity index (χ0v) is 12.9. The molecule has 0 fully saturated rings. The van der Waals surface area contributed by atoms with Gasteiger partial charge in [0.15, 0.2) is 0 Å². The van der Waals surface area contributed by atoms with Gasteiger partial charge in [-0.15, -0.1) is 0 Å². The minimum Gasteiger partial charge on any atom is -0.369 e. The Morgan fingerprint density at radius 2 is 2.00 bits per heavy atom. The molecule has 1 aliphatic rings. The summed E-state index contributed by atoms with van der Waals surface area (Å²) in [5, 5.41) is 0. The molecule has 0 amide bonds. The van der Waals surface area contributed by atoms with Gasteiger partial charge in [0.05, 0.1) is 10.6 Å². The molecule has 1 heterocycles. The molecule has 0 aliphatic heterocycles. The summed E-state index contributed by atoms with van der Waals surface area (Å²) in [6.45, 7) is 0. The van der Waals surface area contributed by atoms with Crippen molar-refractivity contribution in [3.05, 3.63) is 51.7 Å². The molecule has 23 heavy (non-hydrogen) atoms. The van der Waals surface area contributed by atoms with Crippen LogP contribution in [0.5, 0.6) is 0 Å². The topological polar surface area (TPSA) is 118 Å². The Hall–Kier alpha value is -2.26. The molecular formula is C14H15FN4O3S. The summed E-state index contributed by atoms with van der Waals surface area (Å²) in [6.07, 6.45) is 1.20. The lowest BCUT2D eigenvalue weighted by atomic mass is 9.93. The van der Waals surface area contributed by atoms with E-state index < -0.39 is 21.9 Å². The lowest BCUT2D eigenvalue weighted by Crippen LogP contribution is -2.41. The normalized spacial score (nSPS) is 17.7. The van der Waals surface area contributed by atoms with Crippen molar-refractivity contribution in [2.45, 2.75) is 30.2 Å². The maximum atomic E-state index is 12.9. The number of benzene rings is 1. The molecule has 1 atom stereocenters. The minimum absolute atomic E-state index is 0.0194. The number of nitrogens with one attached hydrogen (secondary N) is 2. The molecule has 3 rings (SSSR count). The Kier molecular flexibility index (Phi) is 3.90. The molecular weight excluding hydrogens is 323 g/mol. The Morgan fingerprint density at radius 1 is 1.30 bits per heavy atom. The van der Waals surface area contributed by atoms with Crippen LogP contribution in [0.4, 0.5) is 10.3 Å². The van der Waals surface area contributed by atoms with Crippen molar-refractivity contribution in [2.24, 2.45) is 0 Å². The largest absolute Gasteiger partial charge is 0.369 e. The highest BCUT2D eigenvalue weighted by Gasteiger charge is 2.27. The number of aryl methyl sites for hydroxylation is 1. The third-order valence-electron chi connectivity index (χ3n) is 3.75. The van der Waals surface area contributed by atoms with Gasteiger partial charge in [-0.1, -0.05) is 0 Å². The summed E-state index contributed by atoms with van der Waals surface area (Å²) in [7, 11) is -3.77. The maximum absolute atomic E-state index is 12.9. The van der Waals surface area contributed by atoms with Crippen molar-refractivity contribution in [3.63, 3.8) is 0 Å². The van der Waals surface area contributed by atoms with Gasteiger partial charge in [0.2, 0.25) is 16.0 Å². The number of hydrogen-bond donors (Lipinski definition) is 3. The number of aromatic amines is 1. The van der Waals surface area contributed by atoms with Crippen LogP contribution in [0.2, 0.25) is 0 Å². The number of anilines is 1. The number of hydrogen-bond acceptors (Lipinski definition) is 5. The molecule has 1 aromatic carbocycles. The molecule has 1 unspecified atom stereocenters. The average Bonchev–Trinajstić information content (AvgIpc) is 2.48. The first-order valence-corrected chi connectivity index (χ1v) is 8.49. The van der Waals surface area contributed by atoms with Gasteiger partial charge in [0.25, 0.3) is 5.56 Å². The van der Waals surface area contributed by atoms with Crippen LogP contribution < -0.4 is 16.0 Å². The monoisotopic (exact) mass is 338 g/mol. The third-order valence-corrected chi connectivity index (χ3v) is 5.28. The fraction of sp³-hybridized carbons (Fsp3) is 0.286. The number of rotatable bonds is 3. The molecule has 122 valence electrons. The van der Waals surface area contributed by atoms with E-state index in [-0.39, 0.29) is 22.8 Å². The van der Waals surface area contributed by atoms with Gasteiger partial charge in [-0.25, -0.2) is 22.5 Å². The summed E-state index contributed by atoms with van der Waals surface area (Å²) >= 11 is 0. The van der Waals surface area contributed by atoms with E-state index in [0.717, 1.165) is 12.1 Å². The molecule has 0 bridgehead atoms. The van der Waals surface area contributed by atoms with Crippen LogP contribution in [0, 0.1) is 5.82 Å². The number of H-pyrrole nitrogens is 1. The van der Waals surface area contributed by atoms with Gasteiger partial charge in [0, 0.05) is 11.6 Å². The van der Waals surface area contributed by atoms with E-state index in [9.17, 15) is 17.6 Å². The first-order chi connectivity index (χ1) is 10.8. The van der Waals surface area contributed by atoms with Gasteiger partial charge in [-0.2, -0.15) is 0 Å². The minimum atomic E-state index is -3.77. The van der Waals surface area contributed by atoms with Crippen LogP contribution in [0.25, 0.3) is 0 Å². The number of nitrogens with two attached hydrogens (primary N) is 1. The molecule has 1 aromatic heterocycles. The molecule has 9 heteroatoms. The third kappa shape index (κ3) is 3.25. The van der Waals surface area contributed by atoms with Crippen LogP contribution in [0.3, 0.4) is 0 Å². The number of fused-ring (bicyclic) bond motifs is 1. The lowest BCUT2D eigenvalue weighted by molar-refractivity contribution is 0.500. The predicted octanol–water partition coefficient (Wildman–Crippen LogP) is 0.327. The zero-order chi connectivity index (χ0) is 16.6. The van der Waals surface area contributed by atoms with Crippen molar-refractivity contribution in [2.75, 3.05) is 5.73 Å². The van der Waals surface area contributed by atoms with E-state index in [2.05, 4.69) is 14.7 Å². The van der Waals surface area contributed by atoms with Crippen molar-refractivity contribution in [3.8, 4) is 0 Å². The van der Waals surface area contributed by atoms with Crippen molar-refractivity contribution < 1.29 is 12.8 Å². The van der Waals surface area contributed by atoms with Gasteiger partial charge < -0.3 is 5.73 Å². The van der Waals surface area contributed by atoms with E-state index >= 15 is 0 Å². The number of nitrogen functional groups attached to an aromatic ring is 1. The Balaban J connectivity index is 1.82. The molecule has 0 saturated heterocycles. The Bertz CT molecular complexity index is 893. The summed E-state index contributed by atoms with van der Waals surface area (Å²) in [5.74, 6) is -0.454. The van der Waals surface area contributed by atoms with E-state index in [1.807, 2.05) is 0 Å². The number of halogens is 1. The maximum Gasteiger partial charge on any atom is 0.255 e. The smallest absolute Gasteiger partial charge is 0.255 e. The van der Waals surface area contributed by atoms with Crippen molar-refractivity contribution in [1.82, 2.24) is 14.7 Å². The first-order valence-electron chi connectivity index (χ1n) is 7.00. The number of aromatic nitrogens is 2. The first kappa shape index (κ1) is 15.6. The van der Waals surface area contributed by atoms with E-state index in [0.29, 0.717) is 24.1 Å². The SMILES string of the molecule is Nc1nc2c(c(=O)[nH]1)CC(NS(=O)(=O)c1ccc(F)cc1)CC2. The fourth-order valence-corrected chi connectivity index (χ4v) is 3.91. The number of nitrogens with zero attached hydrogens (tertiary/aromatic N) is 1. The molecule has 0 saturated carbocycles. The van der Waals surface area contributed by atoms with Crippen LogP contribution in [0.15, 0.2) is 34.0 Å². The van der Waals surface area contributed by atoms with Crippen molar-refractivity contribution in [1.29, 1.82) is 0 Å². The second kappa shape index (κ2) is 5.74. The average molecular weight is 338 g/mol. The highest BCUT2D eigenvalue weighted by Crippen LogP contribution is 2.19. The quantitative estimate of drug-likeness (QED) is 0.745. The molecule has 4 N–H and O–H groups in total. The summed E-state index contributed by atoms with van der Waals surface area (Å²) < 4.78 is 40.1. The molecule has 1 aliphatic carbocycles. The van der Waals surface area contributed by atoms with E-state index in [1.54, 1.807) is 0 Å². The van der Waals surface area contributed by atoms with E-state index in [1.165, 1.54) is 12.1 Å². The Morgan fingerprint density at radius 3 is 2.70 bits per heavy atom. The fourth-order valence-electron chi connectivity index (χ4n) is 2.64. The standard InChI is InChI=1S/C14H15FN4O3S/c15-8-1-4-10(5-2-8)23(21,22)19-9-3-6-12-11(7-9)13(20)18-14(16)17-12/h1-2,4-5,9,19H,3,6-7H2,(H3,16,17,18,20). The van der Waals surface area contributed by atoms with Gasteiger partial charge in [-0.3, -0.25) is 9.78 Å². The van der Waals surface area contributed by atoms with Gasteiger partial charge >= 0.3 is 0 Å². The summed E-state index contributed by atoms with van der Waals surface area (Å²) in [4.78, 5) is 18.4. The van der Waals surface area contributed by atoms with Crippen molar-refractivity contribution >= 4 is 16.0 Å². The van der Waals surface area contributed by atoms with Gasteiger partial charge in [-0.05, 0) is 43.5 Å². The second-order valence-electron chi connectivity index (χ2n) is 5.39.